The van der Waals surface area contributed by atoms with Crippen LogP contribution in [0.5, 0.6) is 0 Å². The Morgan fingerprint density at radius 1 is 0.521 bits per heavy atom. The Balaban J connectivity index is 0.000000415. The largest absolute Gasteiger partial charge is 0.304 e. The second-order valence-corrected chi connectivity index (χ2v) is 17.1. The number of nitrogens with zero attached hydrogens (tertiary/aromatic N) is 6. The molecule has 2 aliphatic heterocycles. The Labute approximate surface area is 433 Å². The predicted molar refractivity (Wildman–Crippen MR) is 302 cm³/mol. The maximum absolute atomic E-state index is 12.8. The van der Waals surface area contributed by atoms with Crippen LogP contribution in [0.15, 0.2) is 116 Å². The lowest BCUT2D eigenvalue weighted by Gasteiger charge is -2.32. The molecule has 0 saturated carbocycles. The molecule has 0 bridgehead atoms. The average molecular weight is 978 g/mol. The van der Waals surface area contributed by atoms with E-state index < -0.39 is 0 Å². The van der Waals surface area contributed by atoms with E-state index in [4.69, 9.17) is 0 Å². The molecule has 0 unspecified atom stereocenters. The van der Waals surface area contributed by atoms with Crippen molar-refractivity contribution in [1.29, 1.82) is 0 Å². The molecule has 2 saturated heterocycles. The number of carbonyl (C=O) groups is 2. The van der Waals surface area contributed by atoms with E-state index in [0.717, 1.165) is 103 Å². The third-order valence-corrected chi connectivity index (χ3v) is 11.8. The van der Waals surface area contributed by atoms with E-state index in [1.807, 2.05) is 125 Å². The summed E-state index contributed by atoms with van der Waals surface area (Å²) < 4.78 is 0. The summed E-state index contributed by atoms with van der Waals surface area (Å²) >= 11 is 1.57. The zero-order valence-electron chi connectivity index (χ0n) is 45.4. The second kappa shape index (κ2) is 36.0. The molecule has 2 aliphatic rings. The van der Waals surface area contributed by atoms with Gasteiger partial charge in [-0.1, -0.05) is 160 Å². The third kappa shape index (κ3) is 22.8. The van der Waals surface area contributed by atoms with Crippen LogP contribution in [0.3, 0.4) is 0 Å². The van der Waals surface area contributed by atoms with Crippen molar-refractivity contribution in [3.05, 3.63) is 176 Å². The first-order chi connectivity index (χ1) is 34.7. The predicted octanol–water partition coefficient (Wildman–Crippen LogP) is 12.1. The lowest BCUT2D eigenvalue weighted by atomic mass is 10.0. The normalized spacial score (nSPS) is 13.1. The maximum atomic E-state index is 12.8. The van der Waals surface area contributed by atoms with Crippen molar-refractivity contribution in [2.45, 2.75) is 102 Å². The summed E-state index contributed by atoms with van der Waals surface area (Å²) in [6.45, 7) is 32.8. The van der Waals surface area contributed by atoms with Gasteiger partial charge in [-0.05, 0) is 73.5 Å². The molecule has 0 radical (unpaired) electrons. The van der Waals surface area contributed by atoms with Gasteiger partial charge in [0.25, 0.3) is 0 Å². The van der Waals surface area contributed by atoms with Gasteiger partial charge in [-0.15, -0.1) is 11.3 Å². The third-order valence-electron chi connectivity index (χ3n) is 10.9. The number of aromatic nitrogens is 3. The van der Waals surface area contributed by atoms with Crippen molar-refractivity contribution in [2.75, 3.05) is 66.5 Å². The van der Waals surface area contributed by atoms with E-state index in [9.17, 15) is 9.59 Å². The Hall–Kier alpha value is -5.98. The van der Waals surface area contributed by atoms with Crippen LogP contribution in [0.2, 0.25) is 0 Å². The van der Waals surface area contributed by atoms with Crippen molar-refractivity contribution >= 4 is 22.9 Å². The first-order valence-corrected chi connectivity index (χ1v) is 26.7. The fourth-order valence-electron chi connectivity index (χ4n) is 7.19. The first kappa shape index (κ1) is 61.1. The van der Waals surface area contributed by atoms with Gasteiger partial charge in [0, 0.05) is 107 Å². The molecule has 10 heteroatoms. The highest BCUT2D eigenvalue weighted by Crippen LogP contribution is 2.16. The van der Waals surface area contributed by atoms with Crippen LogP contribution in [-0.2, 0) is 25.9 Å². The minimum absolute atomic E-state index is 0.105. The van der Waals surface area contributed by atoms with E-state index in [-0.39, 0.29) is 11.6 Å². The highest BCUT2D eigenvalue weighted by Gasteiger charge is 2.16. The number of ketones is 2. The number of hydrogen-bond acceptors (Lipinski definition) is 9. The van der Waals surface area contributed by atoms with Crippen LogP contribution < -0.4 is 0 Å². The molecule has 1 N–H and O–H groups in total. The van der Waals surface area contributed by atoms with Gasteiger partial charge in [0.2, 0.25) is 0 Å². The lowest BCUT2D eigenvalue weighted by Crippen LogP contribution is -2.43. The van der Waals surface area contributed by atoms with Crippen molar-refractivity contribution in [3.8, 4) is 23.7 Å². The molecule has 380 valence electrons. The van der Waals surface area contributed by atoms with Gasteiger partial charge in [-0.25, -0.2) is 4.98 Å². The Kier molecular flexibility index (Phi) is 31.0. The van der Waals surface area contributed by atoms with Crippen LogP contribution >= 0.6 is 11.3 Å². The van der Waals surface area contributed by atoms with Crippen LogP contribution in [-0.4, -0.2) is 113 Å². The quantitative estimate of drug-likeness (QED) is 0.107. The number of aryl methyl sites for hydroxylation is 1. The SMILES string of the molecule is CC.CC.CC.CC.CC.CN1CCN(Cc2ccc(CC(=O)c3cccc(C#Cc4cn[nH]c4)c3)cc2)CC1.Cc1ncc(C#Cc2cccc(C(=O)Cc3ccc(CN4CCN(C)CC4)cc3)c2)s1. The zero-order chi connectivity index (χ0) is 52.4. The van der Waals surface area contributed by atoms with Gasteiger partial charge >= 0.3 is 0 Å². The van der Waals surface area contributed by atoms with Crippen molar-refractivity contribution in [1.82, 2.24) is 34.8 Å². The summed E-state index contributed by atoms with van der Waals surface area (Å²) in [6.07, 6.45) is 6.01. The average Bonchev–Trinajstić information content (AvgIpc) is 4.12. The number of hydrogen-bond donors (Lipinski definition) is 1. The van der Waals surface area contributed by atoms with Crippen LogP contribution in [0.25, 0.3) is 0 Å². The van der Waals surface area contributed by atoms with E-state index in [1.165, 1.54) is 11.1 Å². The molecule has 4 aromatic carbocycles. The number of likely N-dealkylation sites (N-methyl/N-ethyl adjacent to an activating group) is 2. The molecular weight excluding hydrogens is 895 g/mol. The van der Waals surface area contributed by atoms with Gasteiger partial charge in [0.05, 0.1) is 27.8 Å². The first-order valence-electron chi connectivity index (χ1n) is 25.9. The monoisotopic (exact) mass is 978 g/mol. The lowest BCUT2D eigenvalue weighted by molar-refractivity contribution is 0.0984. The molecule has 0 amide bonds. The Morgan fingerprint density at radius 3 is 1.30 bits per heavy atom. The molecule has 8 rings (SSSR count). The number of nitrogens with one attached hydrogen (secondary N) is 1. The number of aromatic amines is 1. The number of benzene rings is 4. The second-order valence-electron chi connectivity index (χ2n) is 15.9. The molecule has 2 aromatic heterocycles. The highest BCUT2D eigenvalue weighted by atomic mass is 32.1. The summed E-state index contributed by atoms with van der Waals surface area (Å²) in [6, 6.07) is 32.0. The standard InChI is InChI=1S/C26H27N3OS.C25H26N4O.5C2H6/c1-20-27-18-25(31-20)11-10-21-4-3-5-24(16-21)26(30)17-22-6-8-23(9-7-22)19-29-14-12-28(2)13-15-29;1-28-11-13-29(14-12-28)19-22-8-5-21(6-9-22)16-25(30)24-4-2-3-20(15-24)7-10-23-17-26-27-18-23;5*1-2/h3-9,16,18H,12-15,17,19H2,1-2H3;2-6,8-9,15,17-18H,11-14,16,19H2,1H3,(H,26,27);5*1-2H3. The van der Waals surface area contributed by atoms with Gasteiger partial charge in [0.15, 0.2) is 11.6 Å². The number of Topliss-reactive ketones (excluding diaryl/α,β-unsaturated/α-hetero) is 2. The molecule has 9 nitrogen and oxygen atoms in total. The minimum Gasteiger partial charge on any atom is -0.304 e. The van der Waals surface area contributed by atoms with Gasteiger partial charge in [-0.2, -0.15) is 5.10 Å². The molecule has 71 heavy (non-hydrogen) atoms. The topological polar surface area (TPSA) is 88.7 Å². The van der Waals surface area contributed by atoms with Crippen LogP contribution in [0, 0.1) is 30.6 Å². The molecule has 0 atom stereocenters. The van der Waals surface area contributed by atoms with Crippen LogP contribution in [0.4, 0.5) is 0 Å². The van der Waals surface area contributed by atoms with Crippen molar-refractivity contribution in [2.24, 2.45) is 0 Å². The van der Waals surface area contributed by atoms with E-state index in [2.05, 4.69) is 121 Å². The minimum atomic E-state index is 0.105. The summed E-state index contributed by atoms with van der Waals surface area (Å²) in [4.78, 5) is 40.4. The summed E-state index contributed by atoms with van der Waals surface area (Å²) in [5, 5.41) is 7.63. The Bertz CT molecular complexity index is 2490. The number of rotatable bonds is 10. The molecule has 6 aromatic rings. The Morgan fingerprint density at radius 2 is 0.915 bits per heavy atom. The number of thiazole rings is 1. The fourth-order valence-corrected chi connectivity index (χ4v) is 7.82. The number of H-pyrrole nitrogens is 1. The van der Waals surface area contributed by atoms with E-state index in [0.29, 0.717) is 24.0 Å². The summed E-state index contributed by atoms with van der Waals surface area (Å²) in [7, 11) is 4.35. The van der Waals surface area contributed by atoms with Gasteiger partial charge in [0.1, 0.15) is 0 Å². The smallest absolute Gasteiger partial charge is 0.167 e. The number of carbonyl (C=O) groups excluding carboxylic acids is 2. The zero-order valence-corrected chi connectivity index (χ0v) is 46.2. The summed E-state index contributed by atoms with van der Waals surface area (Å²) in [5.41, 5.74) is 8.57. The van der Waals surface area contributed by atoms with Crippen molar-refractivity contribution < 1.29 is 9.59 Å². The fraction of sp³-hybridized carbons (Fsp3) is 0.410. The van der Waals surface area contributed by atoms with Crippen molar-refractivity contribution in [3.63, 3.8) is 0 Å². The van der Waals surface area contributed by atoms with E-state index >= 15 is 0 Å². The molecule has 0 spiro atoms. The van der Waals surface area contributed by atoms with Gasteiger partial charge in [-0.3, -0.25) is 24.5 Å². The van der Waals surface area contributed by atoms with Crippen LogP contribution in [0.1, 0.15) is 139 Å². The molecular formula is C61H83N7O2S. The summed E-state index contributed by atoms with van der Waals surface area (Å²) in [5.74, 6) is 12.6. The van der Waals surface area contributed by atoms with Gasteiger partial charge < -0.3 is 9.80 Å². The highest BCUT2D eigenvalue weighted by molar-refractivity contribution is 7.12. The molecule has 2 fully saturated rings. The molecule has 4 heterocycles. The molecule has 0 aliphatic carbocycles. The maximum Gasteiger partial charge on any atom is 0.167 e. The van der Waals surface area contributed by atoms with E-state index in [1.54, 1.807) is 29.9 Å². The number of piperazine rings is 2.